The maximum Gasteiger partial charge on any atom is 0.251 e. The second-order valence-electron chi connectivity index (χ2n) is 7.07. The molecule has 1 aliphatic rings. The average molecular weight is 380 g/mol. The van der Waals surface area contributed by atoms with Crippen LogP contribution in [0.4, 0.5) is 11.5 Å². The first kappa shape index (κ1) is 18.4. The molecule has 4 rings (SSSR count). The summed E-state index contributed by atoms with van der Waals surface area (Å²) in [5.41, 5.74) is 3.99. The molecule has 0 saturated carbocycles. The van der Waals surface area contributed by atoms with E-state index in [1.165, 1.54) is 0 Å². The molecular weight excluding hydrogens is 356 g/mol. The van der Waals surface area contributed by atoms with E-state index in [1.54, 1.807) is 16.8 Å². The Morgan fingerprint density at radius 3 is 2.71 bits per heavy atom. The van der Waals surface area contributed by atoms with Crippen molar-refractivity contribution in [2.45, 2.75) is 32.8 Å². The summed E-state index contributed by atoms with van der Waals surface area (Å²) in [6, 6.07) is 7.31. The van der Waals surface area contributed by atoms with Gasteiger partial charge in [0.1, 0.15) is 11.3 Å². The maximum atomic E-state index is 12.3. The monoisotopic (exact) mass is 380 g/mol. The fourth-order valence-electron chi connectivity index (χ4n) is 3.33. The summed E-state index contributed by atoms with van der Waals surface area (Å²) in [5, 5.41) is 10.7. The van der Waals surface area contributed by atoms with Crippen LogP contribution in [-0.2, 0) is 11.8 Å². The van der Waals surface area contributed by atoms with Gasteiger partial charge in [-0.05, 0) is 51.0 Å². The number of carbonyl (C=O) groups excluding carboxylic acids is 1. The molecule has 0 bridgehead atoms. The minimum atomic E-state index is -0.0947. The minimum Gasteiger partial charge on any atom is -0.376 e. The van der Waals surface area contributed by atoms with Gasteiger partial charge in [0.05, 0.1) is 11.8 Å². The largest absolute Gasteiger partial charge is 0.376 e. The Morgan fingerprint density at radius 1 is 1.21 bits per heavy atom. The third-order valence-electron chi connectivity index (χ3n) is 5.00. The zero-order valence-electron chi connectivity index (χ0n) is 16.3. The number of nitrogens with one attached hydrogen (secondary N) is 2. The highest BCUT2D eigenvalue weighted by molar-refractivity contribution is 5.95. The third-order valence-corrected chi connectivity index (χ3v) is 5.00. The molecule has 3 aromatic rings. The molecule has 8 heteroatoms. The van der Waals surface area contributed by atoms with Gasteiger partial charge in [-0.3, -0.25) is 9.48 Å². The van der Waals surface area contributed by atoms with E-state index in [2.05, 4.69) is 25.7 Å². The molecule has 1 unspecified atom stereocenters. The van der Waals surface area contributed by atoms with Crippen LogP contribution in [-0.4, -0.2) is 44.9 Å². The number of fused-ring (bicyclic) bond motifs is 1. The summed E-state index contributed by atoms with van der Waals surface area (Å²) in [6.45, 7) is 5.18. The summed E-state index contributed by atoms with van der Waals surface area (Å²) in [6.07, 6.45) is 2.20. The van der Waals surface area contributed by atoms with Gasteiger partial charge in [0.25, 0.3) is 5.91 Å². The van der Waals surface area contributed by atoms with Gasteiger partial charge < -0.3 is 15.4 Å². The Kier molecular flexibility index (Phi) is 4.95. The molecular formula is C20H24N6O2. The Bertz CT molecular complexity index is 1010. The van der Waals surface area contributed by atoms with Crippen LogP contribution in [0.15, 0.2) is 24.3 Å². The lowest BCUT2D eigenvalue weighted by Crippen LogP contribution is -2.31. The fourth-order valence-corrected chi connectivity index (χ4v) is 3.33. The molecule has 2 aromatic heterocycles. The lowest BCUT2D eigenvalue weighted by molar-refractivity contribution is 0.0858. The molecule has 2 N–H and O–H groups in total. The average Bonchev–Trinajstić information content (AvgIpc) is 3.30. The van der Waals surface area contributed by atoms with Gasteiger partial charge in [-0.1, -0.05) is 0 Å². The van der Waals surface area contributed by atoms with Crippen molar-refractivity contribution < 1.29 is 9.53 Å². The van der Waals surface area contributed by atoms with E-state index >= 15 is 0 Å². The Hall–Kier alpha value is -3.00. The van der Waals surface area contributed by atoms with Gasteiger partial charge in [-0.2, -0.15) is 5.10 Å². The predicted octanol–water partition coefficient (Wildman–Crippen LogP) is 2.63. The standard InChI is InChI=1S/C20H24N6O2/c1-12-17-18(25-26(12)3)19(23-13(2)22-17)24-15-8-6-14(7-9-15)20(27)21-11-16-5-4-10-28-16/h6-9,16H,4-5,10-11H2,1-3H3,(H,21,27)(H,22,23,24). The van der Waals surface area contributed by atoms with Crippen molar-refractivity contribution in [3.8, 4) is 0 Å². The van der Waals surface area contributed by atoms with E-state index in [9.17, 15) is 4.79 Å². The van der Waals surface area contributed by atoms with Crippen LogP contribution < -0.4 is 10.6 Å². The van der Waals surface area contributed by atoms with Crippen molar-refractivity contribution >= 4 is 28.4 Å². The highest BCUT2D eigenvalue weighted by atomic mass is 16.5. The lowest BCUT2D eigenvalue weighted by Gasteiger charge is -2.11. The molecule has 1 fully saturated rings. The van der Waals surface area contributed by atoms with Crippen molar-refractivity contribution in [2.24, 2.45) is 7.05 Å². The molecule has 1 saturated heterocycles. The number of rotatable bonds is 5. The molecule has 0 radical (unpaired) electrons. The van der Waals surface area contributed by atoms with Crippen molar-refractivity contribution in [2.75, 3.05) is 18.5 Å². The first-order valence-electron chi connectivity index (χ1n) is 9.46. The number of amides is 1. The quantitative estimate of drug-likeness (QED) is 0.707. The van der Waals surface area contributed by atoms with Crippen LogP contribution in [0.1, 0.15) is 34.7 Å². The molecule has 146 valence electrons. The number of benzene rings is 1. The number of hydrogen-bond donors (Lipinski definition) is 2. The highest BCUT2D eigenvalue weighted by Gasteiger charge is 2.17. The lowest BCUT2D eigenvalue weighted by atomic mass is 10.2. The number of aromatic nitrogens is 4. The number of aryl methyl sites for hydroxylation is 3. The highest BCUT2D eigenvalue weighted by Crippen LogP contribution is 2.25. The molecule has 1 aliphatic heterocycles. The van der Waals surface area contributed by atoms with Crippen LogP contribution in [0.5, 0.6) is 0 Å². The Balaban J connectivity index is 1.48. The maximum absolute atomic E-state index is 12.3. The van der Waals surface area contributed by atoms with Gasteiger partial charge in [-0.15, -0.1) is 0 Å². The Morgan fingerprint density at radius 2 is 2.00 bits per heavy atom. The first-order valence-corrected chi connectivity index (χ1v) is 9.46. The first-order chi connectivity index (χ1) is 13.5. The van der Waals surface area contributed by atoms with Gasteiger partial charge >= 0.3 is 0 Å². The molecule has 28 heavy (non-hydrogen) atoms. The van der Waals surface area contributed by atoms with Gasteiger partial charge in [0.15, 0.2) is 11.3 Å². The number of carbonyl (C=O) groups is 1. The summed E-state index contributed by atoms with van der Waals surface area (Å²) < 4.78 is 7.33. The second-order valence-corrected chi connectivity index (χ2v) is 7.07. The number of hydrogen-bond acceptors (Lipinski definition) is 6. The van der Waals surface area contributed by atoms with E-state index < -0.39 is 0 Å². The summed E-state index contributed by atoms with van der Waals surface area (Å²) in [7, 11) is 1.89. The summed E-state index contributed by atoms with van der Waals surface area (Å²) in [5.74, 6) is 1.24. The van der Waals surface area contributed by atoms with Crippen LogP contribution in [0.3, 0.4) is 0 Å². The second kappa shape index (κ2) is 7.55. The van der Waals surface area contributed by atoms with E-state index in [-0.39, 0.29) is 12.0 Å². The van der Waals surface area contributed by atoms with E-state index in [4.69, 9.17) is 4.74 Å². The number of anilines is 2. The molecule has 0 spiro atoms. The van der Waals surface area contributed by atoms with E-state index in [0.29, 0.717) is 23.8 Å². The molecule has 1 aromatic carbocycles. The Labute approximate surface area is 163 Å². The summed E-state index contributed by atoms with van der Waals surface area (Å²) >= 11 is 0. The van der Waals surface area contributed by atoms with E-state index in [1.807, 2.05) is 33.0 Å². The number of ether oxygens (including phenoxy) is 1. The zero-order valence-corrected chi connectivity index (χ0v) is 16.3. The van der Waals surface area contributed by atoms with E-state index in [0.717, 1.165) is 41.9 Å². The van der Waals surface area contributed by atoms with Crippen molar-refractivity contribution in [3.63, 3.8) is 0 Å². The SMILES string of the molecule is Cc1nc(Nc2ccc(C(=O)NCC3CCCO3)cc2)c2nn(C)c(C)c2n1. The fraction of sp³-hybridized carbons (Fsp3) is 0.400. The normalized spacial score (nSPS) is 16.5. The number of nitrogens with zero attached hydrogens (tertiary/aromatic N) is 4. The molecule has 8 nitrogen and oxygen atoms in total. The van der Waals surface area contributed by atoms with Crippen LogP contribution in [0, 0.1) is 13.8 Å². The topological polar surface area (TPSA) is 94.0 Å². The summed E-state index contributed by atoms with van der Waals surface area (Å²) in [4.78, 5) is 21.3. The zero-order chi connectivity index (χ0) is 19.7. The van der Waals surface area contributed by atoms with Gasteiger partial charge in [0.2, 0.25) is 0 Å². The third kappa shape index (κ3) is 3.68. The van der Waals surface area contributed by atoms with Crippen molar-refractivity contribution in [1.29, 1.82) is 0 Å². The van der Waals surface area contributed by atoms with Gasteiger partial charge in [0, 0.05) is 31.5 Å². The van der Waals surface area contributed by atoms with Crippen LogP contribution >= 0.6 is 0 Å². The molecule has 0 aliphatic carbocycles. The van der Waals surface area contributed by atoms with Crippen molar-refractivity contribution in [1.82, 2.24) is 25.1 Å². The minimum absolute atomic E-state index is 0.0947. The predicted molar refractivity (Wildman–Crippen MR) is 107 cm³/mol. The molecule has 1 amide bonds. The smallest absolute Gasteiger partial charge is 0.251 e. The molecule has 3 heterocycles. The van der Waals surface area contributed by atoms with Gasteiger partial charge in [-0.25, -0.2) is 9.97 Å². The van der Waals surface area contributed by atoms with Crippen LogP contribution in [0.25, 0.3) is 11.0 Å². The van der Waals surface area contributed by atoms with Crippen LogP contribution in [0.2, 0.25) is 0 Å². The molecule has 1 atom stereocenters. The van der Waals surface area contributed by atoms with Crippen molar-refractivity contribution in [3.05, 3.63) is 41.3 Å².